The van der Waals surface area contributed by atoms with E-state index in [9.17, 15) is 4.79 Å². The van der Waals surface area contributed by atoms with E-state index in [-0.39, 0.29) is 5.56 Å². The monoisotopic (exact) mass is 413 g/mol. The summed E-state index contributed by atoms with van der Waals surface area (Å²) in [4.78, 5) is 22.7. The molecule has 0 bridgehead atoms. The smallest absolute Gasteiger partial charge is 0.278 e. The van der Waals surface area contributed by atoms with Crippen molar-refractivity contribution >= 4 is 16.6 Å². The van der Waals surface area contributed by atoms with Crippen LogP contribution in [0.25, 0.3) is 28.1 Å². The zero-order valence-corrected chi connectivity index (χ0v) is 16.9. The van der Waals surface area contributed by atoms with Gasteiger partial charge in [-0.1, -0.05) is 29.4 Å². The van der Waals surface area contributed by atoms with Crippen molar-refractivity contribution in [1.29, 1.82) is 0 Å². The maximum Gasteiger partial charge on any atom is 0.278 e. The normalized spacial score (nSPS) is 13.8. The van der Waals surface area contributed by atoms with Crippen LogP contribution in [-0.2, 0) is 6.54 Å². The molecule has 1 aliphatic rings. The number of hydrogen-bond donors (Lipinski definition) is 0. The minimum atomic E-state index is -0.160. The van der Waals surface area contributed by atoms with Crippen molar-refractivity contribution in [3.05, 3.63) is 76.7 Å². The van der Waals surface area contributed by atoms with Gasteiger partial charge in [-0.05, 0) is 42.7 Å². The van der Waals surface area contributed by atoms with E-state index < -0.39 is 0 Å². The molecule has 3 aromatic heterocycles. The average Bonchev–Trinajstić information content (AvgIpc) is 3.37. The summed E-state index contributed by atoms with van der Waals surface area (Å²) in [6.07, 6.45) is 3.77. The summed E-state index contributed by atoms with van der Waals surface area (Å²) in [7, 11) is 1.63. The van der Waals surface area contributed by atoms with Gasteiger partial charge < -0.3 is 13.8 Å². The number of fused-ring (bicyclic) bond motifs is 3. The molecule has 154 valence electrons. The van der Waals surface area contributed by atoms with Crippen molar-refractivity contribution in [2.45, 2.75) is 25.3 Å². The number of hydrogen-bond acceptors (Lipinski definition) is 6. The fraction of sp³-hybridized carbons (Fsp3) is 0.217. The molecule has 0 aliphatic heterocycles. The van der Waals surface area contributed by atoms with Crippen LogP contribution in [0.4, 0.5) is 0 Å². The highest BCUT2D eigenvalue weighted by Crippen LogP contribution is 2.39. The van der Waals surface area contributed by atoms with Crippen LogP contribution in [0, 0.1) is 0 Å². The lowest BCUT2D eigenvalue weighted by molar-refractivity contribution is 0.380. The summed E-state index contributed by atoms with van der Waals surface area (Å²) < 4.78 is 14.3. The molecule has 0 amide bonds. The second kappa shape index (κ2) is 6.80. The van der Waals surface area contributed by atoms with Crippen molar-refractivity contribution in [1.82, 2.24) is 24.1 Å². The van der Waals surface area contributed by atoms with E-state index in [0.29, 0.717) is 35.4 Å². The topological polar surface area (TPSA) is 87.5 Å². The van der Waals surface area contributed by atoms with Crippen molar-refractivity contribution in [3.8, 4) is 17.3 Å². The fourth-order valence-corrected chi connectivity index (χ4v) is 3.97. The third-order valence-electron chi connectivity index (χ3n) is 5.70. The molecule has 8 heteroatoms. The molecular formula is C23H19N5O3. The largest absolute Gasteiger partial charge is 0.497 e. The third-order valence-corrected chi connectivity index (χ3v) is 5.70. The molecule has 0 unspecified atom stereocenters. The summed E-state index contributed by atoms with van der Waals surface area (Å²) in [5, 5.41) is 4.10. The fourth-order valence-electron chi connectivity index (χ4n) is 3.97. The molecule has 3 heterocycles. The van der Waals surface area contributed by atoms with Crippen molar-refractivity contribution in [3.63, 3.8) is 0 Å². The van der Waals surface area contributed by atoms with E-state index in [2.05, 4.69) is 15.1 Å². The minimum Gasteiger partial charge on any atom is -0.497 e. The molecule has 6 rings (SSSR count). The molecule has 1 saturated carbocycles. The van der Waals surface area contributed by atoms with Gasteiger partial charge in [-0.2, -0.15) is 4.98 Å². The minimum absolute atomic E-state index is 0.160. The standard InChI is InChI=1S/C23H19N5O3/c1-30-16-6-4-5-14(11-16)12-27-17-7-2-3-8-18(17)28-13-24-19(20(28)23(27)29)21-25-22(31-26-21)15-9-10-15/h2-8,11,13,15H,9-10,12H2,1H3. The van der Waals surface area contributed by atoms with E-state index >= 15 is 0 Å². The van der Waals surface area contributed by atoms with Gasteiger partial charge >= 0.3 is 0 Å². The van der Waals surface area contributed by atoms with Gasteiger partial charge in [0.1, 0.15) is 23.3 Å². The van der Waals surface area contributed by atoms with Gasteiger partial charge in [-0.3, -0.25) is 9.20 Å². The number of nitrogens with zero attached hydrogens (tertiary/aromatic N) is 5. The number of imidazole rings is 1. The van der Waals surface area contributed by atoms with Gasteiger partial charge in [-0.15, -0.1) is 0 Å². The lowest BCUT2D eigenvalue weighted by atomic mass is 10.2. The number of para-hydroxylation sites is 2. The second-order valence-electron chi connectivity index (χ2n) is 7.77. The number of rotatable bonds is 5. The average molecular weight is 413 g/mol. The van der Waals surface area contributed by atoms with E-state index in [0.717, 1.165) is 35.2 Å². The summed E-state index contributed by atoms with van der Waals surface area (Å²) in [6, 6.07) is 15.5. The Bertz CT molecular complexity index is 1490. The van der Waals surface area contributed by atoms with Crippen LogP contribution >= 0.6 is 0 Å². The molecule has 1 aliphatic carbocycles. The Morgan fingerprint density at radius 3 is 2.77 bits per heavy atom. The number of aromatic nitrogens is 5. The Labute approximate surface area is 176 Å². The lowest BCUT2D eigenvalue weighted by Crippen LogP contribution is -2.23. The Morgan fingerprint density at radius 2 is 1.97 bits per heavy atom. The third kappa shape index (κ3) is 2.91. The second-order valence-corrected chi connectivity index (χ2v) is 7.77. The Hall–Kier alpha value is -3.94. The van der Waals surface area contributed by atoms with Crippen molar-refractivity contribution in [2.75, 3.05) is 7.11 Å². The molecule has 0 radical (unpaired) electrons. The van der Waals surface area contributed by atoms with E-state index in [1.54, 1.807) is 18.0 Å². The summed E-state index contributed by atoms with van der Waals surface area (Å²) in [5.41, 5.74) is 3.37. The van der Waals surface area contributed by atoms with Crippen LogP contribution < -0.4 is 10.3 Å². The first-order valence-electron chi connectivity index (χ1n) is 10.2. The van der Waals surface area contributed by atoms with Gasteiger partial charge in [0.25, 0.3) is 5.56 Å². The predicted octanol–water partition coefficient (Wildman–Crippen LogP) is 3.63. The van der Waals surface area contributed by atoms with Crippen molar-refractivity contribution in [2.24, 2.45) is 0 Å². The molecule has 2 aromatic carbocycles. The molecular weight excluding hydrogens is 394 g/mol. The van der Waals surface area contributed by atoms with E-state index in [4.69, 9.17) is 9.26 Å². The molecule has 5 aromatic rings. The summed E-state index contributed by atoms with van der Waals surface area (Å²) in [6.45, 7) is 0.400. The summed E-state index contributed by atoms with van der Waals surface area (Å²) in [5.74, 6) is 2.06. The highest BCUT2D eigenvalue weighted by molar-refractivity contribution is 5.83. The molecule has 8 nitrogen and oxygen atoms in total. The Kier molecular flexibility index (Phi) is 3.92. The molecule has 0 atom stereocenters. The van der Waals surface area contributed by atoms with Gasteiger partial charge in [-0.25, -0.2) is 4.98 Å². The van der Waals surface area contributed by atoms with Gasteiger partial charge in [0.15, 0.2) is 0 Å². The predicted molar refractivity (Wildman–Crippen MR) is 114 cm³/mol. The molecule has 0 saturated heterocycles. The zero-order valence-electron chi connectivity index (χ0n) is 16.9. The Morgan fingerprint density at radius 1 is 1.13 bits per heavy atom. The molecule has 0 spiro atoms. The van der Waals surface area contributed by atoms with Crippen LogP contribution in [0.1, 0.15) is 30.2 Å². The number of benzene rings is 2. The highest BCUT2D eigenvalue weighted by atomic mass is 16.5. The molecule has 0 N–H and O–H groups in total. The van der Waals surface area contributed by atoms with Crippen molar-refractivity contribution < 1.29 is 9.26 Å². The van der Waals surface area contributed by atoms with Crippen LogP contribution in [0.2, 0.25) is 0 Å². The Balaban J connectivity index is 1.57. The highest BCUT2D eigenvalue weighted by Gasteiger charge is 2.30. The van der Waals surface area contributed by atoms with Gasteiger partial charge in [0.2, 0.25) is 11.7 Å². The lowest BCUT2D eigenvalue weighted by Gasteiger charge is -2.13. The molecule has 31 heavy (non-hydrogen) atoms. The van der Waals surface area contributed by atoms with Crippen LogP contribution in [-0.4, -0.2) is 31.2 Å². The number of ether oxygens (including phenoxy) is 1. The quantitative estimate of drug-likeness (QED) is 0.437. The first-order valence-corrected chi connectivity index (χ1v) is 10.2. The van der Waals surface area contributed by atoms with Crippen LogP contribution in [0.5, 0.6) is 5.75 Å². The van der Waals surface area contributed by atoms with E-state index in [1.807, 2.05) is 52.9 Å². The maximum absolute atomic E-state index is 13.7. The van der Waals surface area contributed by atoms with Crippen LogP contribution in [0.3, 0.4) is 0 Å². The first kappa shape index (κ1) is 17.9. The molecule has 1 fully saturated rings. The van der Waals surface area contributed by atoms with Gasteiger partial charge in [0.05, 0.1) is 24.7 Å². The zero-order chi connectivity index (χ0) is 20.9. The van der Waals surface area contributed by atoms with E-state index in [1.165, 1.54) is 0 Å². The first-order chi connectivity index (χ1) is 15.2. The SMILES string of the molecule is COc1cccc(Cn2c(=O)c3c(-c4noc(C5CC5)n4)ncn3c3ccccc32)c1. The van der Waals surface area contributed by atoms with Gasteiger partial charge in [0, 0.05) is 5.92 Å². The maximum atomic E-state index is 13.7. The van der Waals surface area contributed by atoms with Crippen LogP contribution in [0.15, 0.2) is 64.2 Å². The number of methoxy groups -OCH3 is 1. The summed E-state index contributed by atoms with van der Waals surface area (Å²) >= 11 is 0.